The normalized spacial score (nSPS) is 10.9. The van der Waals surface area contributed by atoms with Crippen LogP contribution in [0.1, 0.15) is 10.4 Å². The summed E-state index contributed by atoms with van der Waals surface area (Å²) in [5.74, 6) is -2.17. The van der Waals surface area contributed by atoms with Crippen LogP contribution in [-0.4, -0.2) is 31.1 Å². The zero-order valence-corrected chi connectivity index (χ0v) is 9.55. The Morgan fingerprint density at radius 2 is 1.63 bits per heavy atom. The molecule has 0 fully saturated rings. The maximum atomic E-state index is 12.6. The summed E-state index contributed by atoms with van der Waals surface area (Å²) in [6, 6.07) is 4.49. The third kappa shape index (κ3) is 5.84. The third-order valence-electron chi connectivity index (χ3n) is 2.00. The predicted octanol–water partition coefficient (Wildman–Crippen LogP) is 1.23. The van der Waals surface area contributed by atoms with E-state index in [1.54, 1.807) is 5.32 Å². The Balaban J connectivity index is 2.38. The number of rotatable bonds is 4. The van der Waals surface area contributed by atoms with Gasteiger partial charge in [0, 0.05) is 5.56 Å². The molecule has 0 spiro atoms. The molecule has 4 nitrogen and oxygen atoms in total. The molecule has 0 heterocycles. The number of nitrogens with one attached hydrogen (secondary N) is 2. The topological polar surface area (TPSA) is 58.2 Å². The van der Waals surface area contributed by atoms with Crippen molar-refractivity contribution in [3.8, 4) is 0 Å². The summed E-state index contributed by atoms with van der Waals surface area (Å²) in [5, 5.41) is 3.71. The Hall–Kier alpha value is -2.12. The van der Waals surface area contributed by atoms with Crippen LogP contribution in [0.2, 0.25) is 0 Å². The molecule has 0 aliphatic carbocycles. The summed E-state index contributed by atoms with van der Waals surface area (Å²) in [6.45, 7) is -2.05. The zero-order valence-electron chi connectivity index (χ0n) is 9.55. The van der Waals surface area contributed by atoms with Crippen molar-refractivity contribution < 1.29 is 27.2 Å². The van der Waals surface area contributed by atoms with Gasteiger partial charge in [-0.25, -0.2) is 4.39 Å². The molecule has 1 rings (SSSR count). The van der Waals surface area contributed by atoms with Crippen LogP contribution in [0.4, 0.5) is 17.6 Å². The van der Waals surface area contributed by atoms with E-state index in [9.17, 15) is 27.2 Å². The average molecular weight is 278 g/mol. The second-order valence-corrected chi connectivity index (χ2v) is 3.58. The van der Waals surface area contributed by atoms with Crippen LogP contribution < -0.4 is 10.6 Å². The van der Waals surface area contributed by atoms with E-state index in [4.69, 9.17) is 0 Å². The molecular weight excluding hydrogens is 268 g/mol. The molecule has 0 saturated carbocycles. The van der Waals surface area contributed by atoms with Gasteiger partial charge in [-0.3, -0.25) is 9.59 Å². The van der Waals surface area contributed by atoms with E-state index in [0.29, 0.717) is 0 Å². The molecule has 104 valence electrons. The maximum Gasteiger partial charge on any atom is 0.405 e. The molecule has 0 aromatic heterocycles. The van der Waals surface area contributed by atoms with Crippen molar-refractivity contribution >= 4 is 11.8 Å². The fourth-order valence-corrected chi connectivity index (χ4v) is 1.13. The lowest BCUT2D eigenvalue weighted by atomic mass is 10.2. The highest BCUT2D eigenvalue weighted by atomic mass is 19.4. The predicted molar refractivity (Wildman–Crippen MR) is 57.8 cm³/mol. The lowest BCUT2D eigenvalue weighted by Gasteiger charge is -2.09. The van der Waals surface area contributed by atoms with Gasteiger partial charge in [0.2, 0.25) is 5.91 Å². The first-order chi connectivity index (χ1) is 8.78. The van der Waals surface area contributed by atoms with Crippen molar-refractivity contribution in [2.24, 2.45) is 0 Å². The summed E-state index contributed by atoms with van der Waals surface area (Å²) in [7, 11) is 0. The lowest BCUT2D eigenvalue weighted by Crippen LogP contribution is -2.40. The molecule has 0 atom stereocenters. The van der Waals surface area contributed by atoms with Gasteiger partial charge in [-0.15, -0.1) is 0 Å². The number of hydrogen-bond acceptors (Lipinski definition) is 2. The quantitative estimate of drug-likeness (QED) is 0.814. The van der Waals surface area contributed by atoms with Crippen molar-refractivity contribution in [3.05, 3.63) is 35.6 Å². The number of alkyl halides is 3. The molecule has 1 aromatic rings. The second kappa shape index (κ2) is 6.17. The molecular formula is C11H10F4N2O2. The number of carbonyl (C=O) groups is 2. The Kier molecular flexibility index (Phi) is 4.85. The van der Waals surface area contributed by atoms with Crippen LogP contribution in [0.3, 0.4) is 0 Å². The second-order valence-electron chi connectivity index (χ2n) is 3.58. The highest BCUT2D eigenvalue weighted by Crippen LogP contribution is 2.11. The van der Waals surface area contributed by atoms with Gasteiger partial charge in [0.05, 0.1) is 6.54 Å². The zero-order chi connectivity index (χ0) is 14.5. The van der Waals surface area contributed by atoms with Crippen LogP contribution in [0.25, 0.3) is 0 Å². The van der Waals surface area contributed by atoms with Crippen molar-refractivity contribution in [2.75, 3.05) is 13.1 Å². The summed E-state index contributed by atoms with van der Waals surface area (Å²) < 4.78 is 47.9. The van der Waals surface area contributed by atoms with E-state index in [1.807, 2.05) is 0 Å². The number of hydrogen-bond donors (Lipinski definition) is 2. The molecule has 1 aromatic carbocycles. The molecule has 0 aliphatic rings. The van der Waals surface area contributed by atoms with Crippen molar-refractivity contribution in [1.29, 1.82) is 0 Å². The molecule has 0 radical (unpaired) electrons. The van der Waals surface area contributed by atoms with Crippen LogP contribution >= 0.6 is 0 Å². The minimum Gasteiger partial charge on any atom is -0.345 e. The van der Waals surface area contributed by atoms with Gasteiger partial charge in [0.15, 0.2) is 0 Å². The van der Waals surface area contributed by atoms with Gasteiger partial charge < -0.3 is 10.6 Å². The van der Waals surface area contributed by atoms with Gasteiger partial charge in [0.25, 0.3) is 5.91 Å². The Bertz CT molecular complexity index is 457. The van der Waals surface area contributed by atoms with Crippen LogP contribution in [0.5, 0.6) is 0 Å². The van der Waals surface area contributed by atoms with E-state index >= 15 is 0 Å². The van der Waals surface area contributed by atoms with Gasteiger partial charge in [-0.05, 0) is 24.3 Å². The summed E-state index contributed by atoms with van der Waals surface area (Å²) in [4.78, 5) is 22.4. The first kappa shape index (κ1) is 14.9. The van der Waals surface area contributed by atoms with E-state index in [1.165, 1.54) is 12.1 Å². The van der Waals surface area contributed by atoms with Crippen LogP contribution in [0.15, 0.2) is 24.3 Å². The summed E-state index contributed by atoms with van der Waals surface area (Å²) in [6.07, 6.45) is -4.50. The minimum atomic E-state index is -4.50. The number of benzene rings is 1. The van der Waals surface area contributed by atoms with E-state index < -0.39 is 36.9 Å². The molecule has 2 amide bonds. The van der Waals surface area contributed by atoms with E-state index in [0.717, 1.165) is 12.1 Å². The molecule has 0 aliphatic heterocycles. The van der Waals surface area contributed by atoms with Crippen LogP contribution in [0, 0.1) is 5.82 Å². The highest BCUT2D eigenvalue weighted by molar-refractivity contribution is 5.96. The monoisotopic (exact) mass is 278 g/mol. The van der Waals surface area contributed by atoms with Crippen molar-refractivity contribution in [2.45, 2.75) is 6.18 Å². The molecule has 0 saturated heterocycles. The van der Waals surface area contributed by atoms with Crippen molar-refractivity contribution in [3.63, 3.8) is 0 Å². The van der Waals surface area contributed by atoms with Crippen molar-refractivity contribution in [1.82, 2.24) is 10.6 Å². The molecule has 8 heteroatoms. The standard InChI is InChI=1S/C11H10F4N2O2/c12-8-3-1-7(2-4-8)10(19)16-5-9(18)17-6-11(13,14)15/h1-4H,5-6H2,(H,16,19)(H,17,18). The molecule has 0 bridgehead atoms. The number of halogens is 4. The first-order valence-electron chi connectivity index (χ1n) is 5.15. The molecule has 2 N–H and O–H groups in total. The maximum absolute atomic E-state index is 12.6. The Morgan fingerprint density at radius 1 is 1.05 bits per heavy atom. The molecule has 0 unspecified atom stereocenters. The smallest absolute Gasteiger partial charge is 0.345 e. The average Bonchev–Trinajstić information content (AvgIpc) is 2.33. The van der Waals surface area contributed by atoms with Gasteiger partial charge in [-0.1, -0.05) is 0 Å². The number of amides is 2. The highest BCUT2D eigenvalue weighted by Gasteiger charge is 2.27. The van der Waals surface area contributed by atoms with E-state index in [2.05, 4.69) is 5.32 Å². The molecule has 19 heavy (non-hydrogen) atoms. The Labute approximate surface area is 105 Å². The fourth-order valence-electron chi connectivity index (χ4n) is 1.13. The third-order valence-corrected chi connectivity index (χ3v) is 2.00. The lowest BCUT2D eigenvalue weighted by molar-refractivity contribution is -0.137. The largest absolute Gasteiger partial charge is 0.405 e. The van der Waals surface area contributed by atoms with Crippen LogP contribution in [-0.2, 0) is 4.79 Å². The fraction of sp³-hybridized carbons (Fsp3) is 0.273. The Morgan fingerprint density at radius 3 is 2.16 bits per heavy atom. The summed E-state index contributed by atoms with van der Waals surface area (Å²) >= 11 is 0. The van der Waals surface area contributed by atoms with Gasteiger partial charge >= 0.3 is 6.18 Å². The van der Waals surface area contributed by atoms with Gasteiger partial charge in [-0.2, -0.15) is 13.2 Å². The van der Waals surface area contributed by atoms with E-state index in [-0.39, 0.29) is 5.56 Å². The first-order valence-corrected chi connectivity index (χ1v) is 5.15. The minimum absolute atomic E-state index is 0.102. The number of carbonyl (C=O) groups excluding carboxylic acids is 2. The SMILES string of the molecule is O=C(CNC(=O)c1ccc(F)cc1)NCC(F)(F)F. The van der Waals surface area contributed by atoms with Gasteiger partial charge in [0.1, 0.15) is 12.4 Å². The summed E-state index contributed by atoms with van der Waals surface area (Å²) in [5.41, 5.74) is 0.102.